The van der Waals surface area contributed by atoms with Crippen LogP contribution in [0.25, 0.3) is 16.6 Å². The van der Waals surface area contributed by atoms with E-state index in [1.807, 2.05) is 18.2 Å². The van der Waals surface area contributed by atoms with Crippen molar-refractivity contribution in [1.82, 2.24) is 9.55 Å². The van der Waals surface area contributed by atoms with Crippen LogP contribution >= 0.6 is 0 Å². The Bertz CT molecular complexity index is 780. The molecule has 0 bridgehead atoms. The summed E-state index contributed by atoms with van der Waals surface area (Å²) in [4.78, 5) is 15.8. The SMILES string of the molecule is O=c1nc2ccccc2cn1-c1ccccc1F. The van der Waals surface area contributed by atoms with Gasteiger partial charge in [-0.25, -0.2) is 9.18 Å². The van der Waals surface area contributed by atoms with E-state index in [1.165, 1.54) is 10.6 Å². The third-order valence-electron chi connectivity index (χ3n) is 2.74. The van der Waals surface area contributed by atoms with E-state index in [9.17, 15) is 9.18 Å². The Balaban J connectivity index is 2.33. The van der Waals surface area contributed by atoms with Gasteiger partial charge < -0.3 is 0 Å². The van der Waals surface area contributed by atoms with Crippen LogP contribution in [0.3, 0.4) is 0 Å². The van der Waals surface area contributed by atoms with Crippen LogP contribution in [0.1, 0.15) is 0 Å². The zero-order valence-corrected chi connectivity index (χ0v) is 9.38. The second-order valence-electron chi connectivity index (χ2n) is 3.90. The molecule has 0 atom stereocenters. The summed E-state index contributed by atoms with van der Waals surface area (Å²) in [6.07, 6.45) is 1.60. The number of halogens is 1. The molecule has 0 spiro atoms. The van der Waals surface area contributed by atoms with E-state index in [0.29, 0.717) is 5.52 Å². The largest absolute Gasteiger partial charge is 0.352 e. The standard InChI is InChI=1S/C14H9FN2O/c15-11-6-2-4-8-13(11)17-9-10-5-1-3-7-12(10)16-14(17)18/h1-9H. The lowest BCUT2D eigenvalue weighted by Gasteiger charge is -2.07. The van der Waals surface area contributed by atoms with E-state index in [-0.39, 0.29) is 5.69 Å². The lowest BCUT2D eigenvalue weighted by atomic mass is 10.2. The highest BCUT2D eigenvalue weighted by atomic mass is 19.1. The Morgan fingerprint density at radius 1 is 1.00 bits per heavy atom. The minimum atomic E-state index is -0.487. The quantitative estimate of drug-likeness (QED) is 0.655. The molecule has 1 heterocycles. The molecule has 0 saturated carbocycles. The summed E-state index contributed by atoms with van der Waals surface area (Å²) < 4.78 is 14.9. The van der Waals surface area contributed by atoms with Crippen molar-refractivity contribution in [3.05, 3.63) is 71.0 Å². The number of hydrogen-bond acceptors (Lipinski definition) is 2. The highest BCUT2D eigenvalue weighted by Gasteiger charge is 2.07. The molecule has 2 aromatic carbocycles. The summed E-state index contributed by atoms with van der Waals surface area (Å²) in [5, 5.41) is 0.792. The topological polar surface area (TPSA) is 34.9 Å². The molecule has 0 fully saturated rings. The van der Waals surface area contributed by atoms with Crippen molar-refractivity contribution in [2.45, 2.75) is 0 Å². The first-order valence-electron chi connectivity index (χ1n) is 5.49. The van der Waals surface area contributed by atoms with Crippen molar-refractivity contribution in [2.24, 2.45) is 0 Å². The summed E-state index contributed by atoms with van der Waals surface area (Å²) in [5.41, 5.74) is 0.328. The zero-order valence-electron chi connectivity index (χ0n) is 9.38. The van der Waals surface area contributed by atoms with Gasteiger partial charge in [-0.05, 0) is 18.2 Å². The molecule has 3 aromatic rings. The molecule has 0 aliphatic heterocycles. The number of para-hydroxylation sites is 2. The van der Waals surface area contributed by atoms with Gasteiger partial charge in [0.25, 0.3) is 0 Å². The third-order valence-corrected chi connectivity index (χ3v) is 2.74. The summed E-state index contributed by atoms with van der Waals surface area (Å²) in [7, 11) is 0. The smallest absolute Gasteiger partial charge is 0.264 e. The van der Waals surface area contributed by atoms with Gasteiger partial charge in [0.05, 0.1) is 11.2 Å². The molecule has 0 aliphatic rings. The maximum Gasteiger partial charge on any atom is 0.352 e. The van der Waals surface area contributed by atoms with Crippen LogP contribution in [0, 0.1) is 5.82 Å². The maximum atomic E-state index is 13.7. The zero-order chi connectivity index (χ0) is 12.5. The Kier molecular flexibility index (Phi) is 2.41. The van der Waals surface area contributed by atoms with Gasteiger partial charge in [0, 0.05) is 11.6 Å². The van der Waals surface area contributed by atoms with Crippen molar-refractivity contribution in [2.75, 3.05) is 0 Å². The molecule has 1 aromatic heterocycles. The predicted molar refractivity (Wildman–Crippen MR) is 67.3 cm³/mol. The normalized spacial score (nSPS) is 10.7. The van der Waals surface area contributed by atoms with E-state index >= 15 is 0 Å². The Hall–Kier alpha value is -2.49. The van der Waals surface area contributed by atoms with Crippen molar-refractivity contribution in [1.29, 1.82) is 0 Å². The number of rotatable bonds is 1. The molecule has 3 rings (SSSR count). The van der Waals surface area contributed by atoms with Crippen LogP contribution in [-0.2, 0) is 0 Å². The molecule has 0 amide bonds. The molecule has 0 unspecified atom stereocenters. The lowest BCUT2D eigenvalue weighted by molar-refractivity contribution is 0.615. The van der Waals surface area contributed by atoms with Gasteiger partial charge in [-0.15, -0.1) is 0 Å². The molecular formula is C14H9FN2O. The fourth-order valence-electron chi connectivity index (χ4n) is 1.87. The number of benzene rings is 2. The highest BCUT2D eigenvalue weighted by molar-refractivity contribution is 5.77. The van der Waals surface area contributed by atoms with Crippen LogP contribution in [-0.4, -0.2) is 9.55 Å². The van der Waals surface area contributed by atoms with Crippen molar-refractivity contribution in [3.8, 4) is 5.69 Å². The van der Waals surface area contributed by atoms with Crippen molar-refractivity contribution in [3.63, 3.8) is 0 Å². The van der Waals surface area contributed by atoms with Gasteiger partial charge in [-0.1, -0.05) is 30.3 Å². The Labute approximate surface area is 102 Å². The van der Waals surface area contributed by atoms with E-state index in [4.69, 9.17) is 0 Å². The monoisotopic (exact) mass is 240 g/mol. The molecule has 0 radical (unpaired) electrons. The first-order chi connectivity index (χ1) is 8.75. The van der Waals surface area contributed by atoms with Gasteiger partial charge in [-0.3, -0.25) is 4.57 Å². The van der Waals surface area contributed by atoms with Crippen LogP contribution < -0.4 is 5.69 Å². The fraction of sp³-hybridized carbons (Fsp3) is 0. The molecule has 4 heteroatoms. The number of nitrogens with zero attached hydrogens (tertiary/aromatic N) is 2. The Morgan fingerprint density at radius 2 is 1.72 bits per heavy atom. The molecule has 18 heavy (non-hydrogen) atoms. The predicted octanol–water partition coefficient (Wildman–Crippen LogP) is 2.52. The second kappa shape index (κ2) is 4.07. The van der Waals surface area contributed by atoms with Crippen molar-refractivity contribution < 1.29 is 4.39 Å². The minimum absolute atomic E-state index is 0.209. The number of fused-ring (bicyclic) bond motifs is 1. The minimum Gasteiger partial charge on any atom is -0.264 e. The third kappa shape index (κ3) is 1.68. The van der Waals surface area contributed by atoms with Gasteiger partial charge in [-0.2, -0.15) is 4.98 Å². The highest BCUT2D eigenvalue weighted by Crippen LogP contribution is 2.13. The first kappa shape index (κ1) is 10.7. The summed E-state index contributed by atoms with van der Waals surface area (Å²) in [5.74, 6) is -0.448. The van der Waals surface area contributed by atoms with E-state index < -0.39 is 11.5 Å². The van der Waals surface area contributed by atoms with Gasteiger partial charge in [0.15, 0.2) is 0 Å². The average molecular weight is 240 g/mol. The van der Waals surface area contributed by atoms with Crippen LogP contribution in [0.4, 0.5) is 4.39 Å². The lowest BCUT2D eigenvalue weighted by Crippen LogP contribution is -2.21. The van der Waals surface area contributed by atoms with Crippen molar-refractivity contribution >= 4 is 10.9 Å². The van der Waals surface area contributed by atoms with Crippen LogP contribution in [0.5, 0.6) is 0 Å². The van der Waals surface area contributed by atoms with Crippen LogP contribution in [0.2, 0.25) is 0 Å². The molecule has 88 valence electrons. The summed E-state index contributed by atoms with van der Waals surface area (Å²) in [6, 6.07) is 13.4. The second-order valence-corrected chi connectivity index (χ2v) is 3.90. The average Bonchev–Trinajstić information content (AvgIpc) is 2.39. The van der Waals surface area contributed by atoms with E-state index in [2.05, 4.69) is 4.98 Å². The summed E-state index contributed by atoms with van der Waals surface area (Å²) in [6.45, 7) is 0. The fourth-order valence-corrected chi connectivity index (χ4v) is 1.87. The first-order valence-corrected chi connectivity index (χ1v) is 5.49. The molecule has 0 N–H and O–H groups in total. The molecule has 0 saturated heterocycles. The molecule has 3 nitrogen and oxygen atoms in total. The maximum absolute atomic E-state index is 13.7. The van der Waals surface area contributed by atoms with E-state index in [1.54, 1.807) is 30.5 Å². The number of hydrogen-bond donors (Lipinski definition) is 0. The Morgan fingerprint density at radius 3 is 2.56 bits per heavy atom. The van der Waals surface area contributed by atoms with E-state index in [0.717, 1.165) is 5.39 Å². The van der Waals surface area contributed by atoms with Crippen LogP contribution in [0.15, 0.2) is 59.5 Å². The van der Waals surface area contributed by atoms with Gasteiger partial charge in [0.2, 0.25) is 0 Å². The number of aromatic nitrogens is 2. The summed E-state index contributed by atoms with van der Waals surface area (Å²) >= 11 is 0. The van der Waals surface area contributed by atoms with Gasteiger partial charge >= 0.3 is 5.69 Å². The molecule has 0 aliphatic carbocycles. The van der Waals surface area contributed by atoms with Gasteiger partial charge in [0.1, 0.15) is 5.82 Å². The molecular weight excluding hydrogens is 231 g/mol.